The molecule has 1 aromatic carbocycles. The molecule has 6 nitrogen and oxygen atoms in total. The highest BCUT2D eigenvalue weighted by atomic mass is 16.5. The maximum Gasteiger partial charge on any atom is 0.318 e. The third-order valence-corrected chi connectivity index (χ3v) is 2.59. The Morgan fingerprint density at radius 1 is 1.26 bits per heavy atom. The van der Waals surface area contributed by atoms with Crippen LogP contribution in [-0.4, -0.2) is 35.9 Å². The number of carbonyl (C=O) groups is 2. The third kappa shape index (κ3) is 3.61. The molecule has 0 spiro atoms. The molecule has 2 N–H and O–H groups in total. The highest BCUT2D eigenvalue weighted by Crippen LogP contribution is 2.32. The second-order valence-corrected chi connectivity index (χ2v) is 3.81. The van der Waals surface area contributed by atoms with Crippen molar-refractivity contribution in [2.75, 3.05) is 13.7 Å². The van der Waals surface area contributed by atoms with Crippen molar-refractivity contribution in [1.29, 1.82) is 0 Å². The highest BCUT2D eigenvalue weighted by molar-refractivity contribution is 5.93. The summed E-state index contributed by atoms with van der Waals surface area (Å²) in [5.41, 5.74) is 0.496. The number of methoxy groups -OCH3 is 1. The monoisotopic (exact) mass is 268 g/mol. The molecule has 0 aliphatic heterocycles. The van der Waals surface area contributed by atoms with Gasteiger partial charge in [0.05, 0.1) is 13.7 Å². The van der Waals surface area contributed by atoms with Crippen LogP contribution in [-0.2, 0) is 16.0 Å². The quantitative estimate of drug-likeness (QED) is 0.726. The summed E-state index contributed by atoms with van der Waals surface area (Å²) in [6.07, 6.45) is -0.156. The zero-order valence-electron chi connectivity index (χ0n) is 10.8. The van der Waals surface area contributed by atoms with E-state index in [4.69, 9.17) is 19.7 Å². The first-order valence-electron chi connectivity index (χ1n) is 5.75. The average Bonchev–Trinajstić information content (AvgIpc) is 2.36. The van der Waals surface area contributed by atoms with E-state index >= 15 is 0 Å². The topological polar surface area (TPSA) is 93.1 Å². The number of hydrogen-bond donors (Lipinski definition) is 2. The molecular formula is C13H16O6. The van der Waals surface area contributed by atoms with Gasteiger partial charge in [0, 0.05) is 6.42 Å². The van der Waals surface area contributed by atoms with Crippen molar-refractivity contribution < 1.29 is 29.3 Å². The van der Waals surface area contributed by atoms with E-state index in [1.54, 1.807) is 25.1 Å². The van der Waals surface area contributed by atoms with Crippen LogP contribution in [0.4, 0.5) is 0 Å². The Balaban J connectivity index is 3.11. The Hall–Kier alpha value is -2.24. The predicted octanol–water partition coefficient (Wildman–Crippen LogP) is 1.42. The van der Waals surface area contributed by atoms with Gasteiger partial charge in [-0.15, -0.1) is 0 Å². The minimum absolute atomic E-state index is 0.156. The molecule has 0 aliphatic carbocycles. The lowest BCUT2D eigenvalue weighted by atomic mass is 9.98. The molecule has 0 bridgehead atoms. The van der Waals surface area contributed by atoms with Gasteiger partial charge in [-0.25, -0.2) is 0 Å². The van der Waals surface area contributed by atoms with Crippen molar-refractivity contribution in [1.82, 2.24) is 0 Å². The maximum absolute atomic E-state index is 10.9. The summed E-state index contributed by atoms with van der Waals surface area (Å²) in [4.78, 5) is 21.8. The van der Waals surface area contributed by atoms with E-state index in [2.05, 4.69) is 0 Å². The molecule has 0 unspecified atom stereocenters. The van der Waals surface area contributed by atoms with Crippen LogP contribution in [0, 0.1) is 5.92 Å². The van der Waals surface area contributed by atoms with E-state index in [0.717, 1.165) is 0 Å². The lowest BCUT2D eigenvalue weighted by Crippen LogP contribution is -2.25. The van der Waals surface area contributed by atoms with E-state index in [0.29, 0.717) is 23.7 Å². The number of rotatable bonds is 7. The van der Waals surface area contributed by atoms with Crippen molar-refractivity contribution in [3.8, 4) is 11.5 Å². The Bertz CT molecular complexity index is 454. The molecular weight excluding hydrogens is 252 g/mol. The second-order valence-electron chi connectivity index (χ2n) is 3.81. The van der Waals surface area contributed by atoms with Gasteiger partial charge in [0.15, 0.2) is 17.4 Å². The Kier molecular flexibility index (Phi) is 5.17. The lowest BCUT2D eigenvalue weighted by Gasteiger charge is -2.15. The molecule has 0 aliphatic rings. The summed E-state index contributed by atoms with van der Waals surface area (Å²) >= 11 is 0. The van der Waals surface area contributed by atoms with Crippen LogP contribution in [0.5, 0.6) is 11.5 Å². The maximum atomic E-state index is 10.9. The van der Waals surface area contributed by atoms with Gasteiger partial charge in [-0.3, -0.25) is 9.59 Å². The van der Waals surface area contributed by atoms with Crippen LogP contribution < -0.4 is 9.47 Å². The van der Waals surface area contributed by atoms with Crippen molar-refractivity contribution in [2.45, 2.75) is 13.3 Å². The third-order valence-electron chi connectivity index (χ3n) is 2.59. The fourth-order valence-corrected chi connectivity index (χ4v) is 1.69. The molecule has 0 aromatic heterocycles. The van der Waals surface area contributed by atoms with Crippen molar-refractivity contribution in [2.24, 2.45) is 5.92 Å². The zero-order valence-corrected chi connectivity index (χ0v) is 10.8. The molecule has 0 saturated heterocycles. The zero-order chi connectivity index (χ0) is 14.4. The molecule has 104 valence electrons. The molecule has 1 rings (SSSR count). The first kappa shape index (κ1) is 14.8. The molecule has 19 heavy (non-hydrogen) atoms. The van der Waals surface area contributed by atoms with Gasteiger partial charge >= 0.3 is 11.9 Å². The summed E-state index contributed by atoms with van der Waals surface area (Å²) in [6.45, 7) is 2.15. The summed E-state index contributed by atoms with van der Waals surface area (Å²) in [5, 5.41) is 17.8. The van der Waals surface area contributed by atoms with Crippen LogP contribution in [0.1, 0.15) is 12.5 Å². The molecule has 0 atom stereocenters. The average molecular weight is 268 g/mol. The number of aliphatic carboxylic acids is 2. The van der Waals surface area contributed by atoms with E-state index in [-0.39, 0.29) is 6.42 Å². The Labute approximate surface area is 110 Å². The van der Waals surface area contributed by atoms with E-state index in [1.807, 2.05) is 0 Å². The van der Waals surface area contributed by atoms with Crippen LogP contribution in [0.2, 0.25) is 0 Å². The molecule has 0 heterocycles. The minimum Gasteiger partial charge on any atom is -0.493 e. The largest absolute Gasteiger partial charge is 0.493 e. The van der Waals surface area contributed by atoms with E-state index in [1.165, 1.54) is 7.11 Å². The van der Waals surface area contributed by atoms with Crippen LogP contribution in [0.15, 0.2) is 18.2 Å². The Morgan fingerprint density at radius 2 is 1.89 bits per heavy atom. The van der Waals surface area contributed by atoms with E-state index < -0.39 is 17.9 Å². The van der Waals surface area contributed by atoms with Crippen LogP contribution >= 0.6 is 0 Å². The van der Waals surface area contributed by atoms with Gasteiger partial charge in [-0.2, -0.15) is 0 Å². The van der Waals surface area contributed by atoms with Gasteiger partial charge in [-0.05, 0) is 18.6 Å². The fraction of sp³-hybridized carbons (Fsp3) is 0.385. The summed E-state index contributed by atoms with van der Waals surface area (Å²) in [7, 11) is 1.47. The minimum atomic E-state index is -1.51. The molecule has 0 amide bonds. The van der Waals surface area contributed by atoms with Gasteiger partial charge in [0.1, 0.15) is 0 Å². The SMILES string of the molecule is CCOc1c(CC(C(=O)O)C(=O)O)cccc1OC. The summed E-state index contributed by atoms with van der Waals surface area (Å²) < 4.78 is 10.5. The number of ether oxygens (including phenoxy) is 2. The lowest BCUT2D eigenvalue weighted by molar-refractivity contribution is -0.154. The number of carboxylic acid groups (broad SMARTS) is 2. The number of para-hydroxylation sites is 1. The summed E-state index contributed by atoms with van der Waals surface area (Å²) in [6, 6.07) is 4.97. The smallest absolute Gasteiger partial charge is 0.318 e. The van der Waals surface area contributed by atoms with Crippen molar-refractivity contribution in [3.63, 3.8) is 0 Å². The number of hydrogen-bond acceptors (Lipinski definition) is 4. The van der Waals surface area contributed by atoms with E-state index in [9.17, 15) is 9.59 Å². The Morgan fingerprint density at radius 3 is 2.37 bits per heavy atom. The van der Waals surface area contributed by atoms with Gasteiger partial charge in [0.25, 0.3) is 0 Å². The van der Waals surface area contributed by atoms with Gasteiger partial charge < -0.3 is 19.7 Å². The second kappa shape index (κ2) is 6.63. The van der Waals surface area contributed by atoms with Crippen molar-refractivity contribution >= 4 is 11.9 Å². The standard InChI is InChI=1S/C13H16O6/c1-3-19-11-8(5-4-6-10(11)18-2)7-9(12(14)15)13(16)17/h4-6,9H,3,7H2,1-2H3,(H,14,15)(H,16,17). The first-order chi connectivity index (χ1) is 9.01. The van der Waals surface area contributed by atoms with Crippen molar-refractivity contribution in [3.05, 3.63) is 23.8 Å². The van der Waals surface area contributed by atoms with Gasteiger partial charge in [0.2, 0.25) is 0 Å². The molecule has 6 heteroatoms. The fourth-order valence-electron chi connectivity index (χ4n) is 1.69. The number of benzene rings is 1. The highest BCUT2D eigenvalue weighted by Gasteiger charge is 2.27. The molecule has 1 aromatic rings. The first-order valence-corrected chi connectivity index (χ1v) is 5.75. The molecule has 0 saturated carbocycles. The van der Waals surface area contributed by atoms with Crippen LogP contribution in [0.3, 0.4) is 0 Å². The molecule has 0 fully saturated rings. The molecule has 0 radical (unpaired) electrons. The summed E-state index contributed by atoms with van der Waals surface area (Å²) in [5.74, 6) is -3.42. The normalized spacial score (nSPS) is 10.3. The van der Waals surface area contributed by atoms with Gasteiger partial charge in [-0.1, -0.05) is 12.1 Å². The predicted molar refractivity (Wildman–Crippen MR) is 66.6 cm³/mol. The van der Waals surface area contributed by atoms with Crippen LogP contribution in [0.25, 0.3) is 0 Å². The number of carboxylic acids is 2.